The molecule has 1 amide bonds. The van der Waals surface area contributed by atoms with E-state index in [9.17, 15) is 9.90 Å². The third kappa shape index (κ3) is 6.01. The maximum Gasteiger partial charge on any atom is 0.238 e. The topological polar surface area (TPSA) is 82.9 Å². The van der Waals surface area contributed by atoms with Gasteiger partial charge in [-0.2, -0.15) is 0 Å². The van der Waals surface area contributed by atoms with Crippen molar-refractivity contribution in [2.24, 2.45) is 0 Å². The predicted molar refractivity (Wildman–Crippen MR) is 172 cm³/mol. The molecule has 0 unspecified atom stereocenters. The number of thiazole rings is 1. The lowest BCUT2D eigenvalue weighted by Gasteiger charge is -2.35. The molecule has 8 nitrogen and oxygen atoms in total. The Labute approximate surface area is 250 Å². The van der Waals surface area contributed by atoms with Gasteiger partial charge in [0.05, 0.1) is 27.3 Å². The number of aliphatic hydroxyl groups is 1. The van der Waals surface area contributed by atoms with Crippen molar-refractivity contribution in [1.82, 2.24) is 19.4 Å². The van der Waals surface area contributed by atoms with E-state index in [4.69, 9.17) is 4.74 Å². The van der Waals surface area contributed by atoms with Crippen LogP contribution in [0.4, 0.5) is 5.69 Å². The van der Waals surface area contributed by atoms with E-state index in [2.05, 4.69) is 74.9 Å². The van der Waals surface area contributed by atoms with E-state index in [1.54, 1.807) is 11.3 Å². The van der Waals surface area contributed by atoms with Gasteiger partial charge in [0, 0.05) is 67.3 Å². The minimum absolute atomic E-state index is 0.00444. The number of carbonyl (C=O) groups is 1. The number of fused-ring (bicyclic) bond motifs is 4. The number of hydrogen-bond acceptors (Lipinski definition) is 7. The Morgan fingerprint density at radius 2 is 1.83 bits per heavy atom. The first-order valence-corrected chi connectivity index (χ1v) is 15.7. The van der Waals surface area contributed by atoms with Crippen LogP contribution in [-0.2, 0) is 17.8 Å². The zero-order chi connectivity index (χ0) is 29.2. The summed E-state index contributed by atoms with van der Waals surface area (Å²) in [7, 11) is 0. The molecule has 220 valence electrons. The minimum Gasteiger partial charge on any atom is -0.491 e. The number of aliphatic hydroxyl groups excluding tert-OH is 1. The fraction of sp³-hybridized carbons (Fsp3) is 0.394. The molecule has 0 spiro atoms. The van der Waals surface area contributed by atoms with Crippen LogP contribution >= 0.6 is 11.3 Å². The average Bonchev–Trinajstić information content (AvgIpc) is 3.52. The number of anilines is 1. The van der Waals surface area contributed by atoms with E-state index in [-0.39, 0.29) is 12.5 Å². The number of ether oxygens (including phenoxy) is 1. The molecule has 1 fully saturated rings. The molecule has 2 aromatic heterocycles. The number of carbonyl (C=O) groups excluding carboxylic acids is 1. The van der Waals surface area contributed by atoms with Gasteiger partial charge in [-0.25, -0.2) is 4.98 Å². The predicted octanol–water partition coefficient (Wildman–Crippen LogP) is 5.29. The summed E-state index contributed by atoms with van der Waals surface area (Å²) in [4.78, 5) is 22.0. The summed E-state index contributed by atoms with van der Waals surface area (Å²) in [5.41, 5.74) is 5.53. The van der Waals surface area contributed by atoms with Crippen LogP contribution in [-0.4, -0.2) is 82.3 Å². The van der Waals surface area contributed by atoms with Gasteiger partial charge in [0.15, 0.2) is 0 Å². The van der Waals surface area contributed by atoms with E-state index in [1.165, 1.54) is 27.4 Å². The number of piperazine rings is 1. The van der Waals surface area contributed by atoms with Crippen molar-refractivity contribution in [1.29, 1.82) is 0 Å². The normalized spacial score (nSPS) is 15.5. The first-order chi connectivity index (χ1) is 20.4. The van der Waals surface area contributed by atoms with Crippen molar-refractivity contribution in [3.63, 3.8) is 0 Å². The summed E-state index contributed by atoms with van der Waals surface area (Å²) < 4.78 is 9.37. The molecular formula is C33H39N5O3S. The summed E-state index contributed by atoms with van der Waals surface area (Å²) >= 11 is 1.66. The van der Waals surface area contributed by atoms with Crippen LogP contribution in [0.25, 0.3) is 32.0 Å². The summed E-state index contributed by atoms with van der Waals surface area (Å²) in [5.74, 6) is 0.730. The van der Waals surface area contributed by atoms with Gasteiger partial charge < -0.3 is 19.7 Å². The largest absolute Gasteiger partial charge is 0.491 e. The van der Waals surface area contributed by atoms with E-state index in [1.807, 2.05) is 25.1 Å². The number of hydrogen-bond donors (Lipinski definition) is 2. The first kappa shape index (κ1) is 28.6. The van der Waals surface area contributed by atoms with Crippen LogP contribution in [0.5, 0.6) is 5.75 Å². The molecule has 1 aliphatic heterocycles. The van der Waals surface area contributed by atoms with Crippen molar-refractivity contribution < 1.29 is 14.6 Å². The Morgan fingerprint density at radius 1 is 1.05 bits per heavy atom. The van der Waals surface area contributed by atoms with Crippen molar-refractivity contribution in [3.8, 4) is 5.75 Å². The van der Waals surface area contributed by atoms with E-state index in [0.717, 1.165) is 65.8 Å². The number of para-hydroxylation sites is 1. The Morgan fingerprint density at radius 3 is 2.62 bits per heavy atom. The second kappa shape index (κ2) is 12.4. The summed E-state index contributed by atoms with van der Waals surface area (Å²) in [6.45, 7) is 11.6. The molecule has 1 saturated heterocycles. The molecule has 1 aliphatic rings. The monoisotopic (exact) mass is 585 g/mol. The Kier molecular flexibility index (Phi) is 8.44. The number of nitrogens with zero attached hydrogens (tertiary/aromatic N) is 4. The highest BCUT2D eigenvalue weighted by Crippen LogP contribution is 2.34. The molecule has 0 aliphatic carbocycles. The highest BCUT2D eigenvalue weighted by atomic mass is 32.1. The van der Waals surface area contributed by atoms with Gasteiger partial charge in [0.2, 0.25) is 5.91 Å². The number of benzene rings is 3. The lowest BCUT2D eigenvalue weighted by molar-refractivity contribution is -0.117. The lowest BCUT2D eigenvalue weighted by Crippen LogP contribution is -2.50. The molecule has 3 heterocycles. The van der Waals surface area contributed by atoms with Gasteiger partial charge in [0.25, 0.3) is 0 Å². The molecular weight excluding hydrogens is 546 g/mol. The molecule has 0 saturated carbocycles. The van der Waals surface area contributed by atoms with Gasteiger partial charge in [0.1, 0.15) is 18.5 Å². The van der Waals surface area contributed by atoms with Crippen LogP contribution < -0.4 is 10.1 Å². The van der Waals surface area contributed by atoms with Crippen molar-refractivity contribution >= 4 is 55.0 Å². The van der Waals surface area contributed by atoms with Crippen molar-refractivity contribution in [2.75, 3.05) is 51.2 Å². The van der Waals surface area contributed by atoms with Gasteiger partial charge in [-0.3, -0.25) is 14.6 Å². The van der Waals surface area contributed by atoms with Crippen LogP contribution in [0, 0.1) is 6.92 Å². The molecule has 3 aromatic carbocycles. The molecule has 9 heteroatoms. The Bertz CT molecular complexity index is 1720. The standard InChI is InChI=1S/C33H39N5O3S/c1-4-23-16-24(17-28-27-8-6-7-9-30(27)38(5-2)33(23)28)35-32(40)20-37-14-12-36(13-15-37)19-25(39)21-41-26-10-11-31-29(18-26)34-22(3)42-31/h6-11,16-18,25,39H,4-5,12-15,19-21H2,1-3H3,(H,35,40)/t25-/m1/s1. The second-order valence-electron chi connectivity index (χ2n) is 11.1. The smallest absolute Gasteiger partial charge is 0.238 e. The number of aryl methyl sites for hydroxylation is 3. The highest BCUT2D eigenvalue weighted by molar-refractivity contribution is 7.18. The van der Waals surface area contributed by atoms with E-state index < -0.39 is 6.10 Å². The van der Waals surface area contributed by atoms with Crippen molar-refractivity contribution in [3.05, 3.63) is 65.2 Å². The highest BCUT2D eigenvalue weighted by Gasteiger charge is 2.22. The Balaban J connectivity index is 1.00. The Hall–Kier alpha value is -3.50. The van der Waals surface area contributed by atoms with Gasteiger partial charge >= 0.3 is 0 Å². The van der Waals surface area contributed by atoms with Gasteiger partial charge in [-0.15, -0.1) is 11.3 Å². The molecule has 6 rings (SSSR count). The quantitative estimate of drug-likeness (QED) is 0.232. The van der Waals surface area contributed by atoms with Crippen LogP contribution in [0.2, 0.25) is 0 Å². The molecule has 1 atom stereocenters. The SMILES string of the molecule is CCc1cc(NC(=O)CN2CCN(C[C@@H](O)COc3ccc4sc(C)nc4c3)CC2)cc2c3ccccc3n(CC)c12. The number of amides is 1. The fourth-order valence-corrected chi connectivity index (χ4v) is 6.94. The fourth-order valence-electron chi connectivity index (χ4n) is 6.13. The summed E-state index contributed by atoms with van der Waals surface area (Å²) in [6.07, 6.45) is 0.310. The summed E-state index contributed by atoms with van der Waals surface area (Å²) in [6, 6.07) is 18.6. The molecule has 0 bridgehead atoms. The lowest BCUT2D eigenvalue weighted by atomic mass is 10.1. The minimum atomic E-state index is -0.589. The second-order valence-corrected chi connectivity index (χ2v) is 12.3. The number of nitrogens with one attached hydrogen (secondary N) is 1. The average molecular weight is 586 g/mol. The third-order valence-corrected chi connectivity index (χ3v) is 9.09. The van der Waals surface area contributed by atoms with Crippen LogP contribution in [0.3, 0.4) is 0 Å². The molecule has 0 radical (unpaired) electrons. The van der Waals surface area contributed by atoms with Crippen LogP contribution in [0.15, 0.2) is 54.6 Å². The van der Waals surface area contributed by atoms with E-state index in [0.29, 0.717) is 13.1 Å². The summed E-state index contributed by atoms with van der Waals surface area (Å²) in [5, 5.41) is 17.2. The number of aromatic nitrogens is 2. The maximum atomic E-state index is 13.1. The zero-order valence-corrected chi connectivity index (χ0v) is 25.4. The van der Waals surface area contributed by atoms with Gasteiger partial charge in [-0.1, -0.05) is 25.1 Å². The number of rotatable bonds is 10. The van der Waals surface area contributed by atoms with Gasteiger partial charge in [-0.05, 0) is 56.2 Å². The number of β-amino-alcohol motifs (C(OH)–C–C–N with tert-alkyl or cyclic N) is 1. The van der Waals surface area contributed by atoms with E-state index >= 15 is 0 Å². The third-order valence-electron chi connectivity index (χ3n) is 8.13. The molecule has 2 N–H and O–H groups in total. The first-order valence-electron chi connectivity index (χ1n) is 14.9. The molecule has 5 aromatic rings. The van der Waals surface area contributed by atoms with Crippen LogP contribution in [0.1, 0.15) is 24.4 Å². The maximum absolute atomic E-state index is 13.1. The zero-order valence-electron chi connectivity index (χ0n) is 24.6. The van der Waals surface area contributed by atoms with Crippen molar-refractivity contribution in [2.45, 2.75) is 39.8 Å². The molecule has 42 heavy (non-hydrogen) atoms.